The number of hydrogen-bond acceptors (Lipinski definition) is 4. The molecule has 0 bridgehead atoms. The lowest BCUT2D eigenvalue weighted by Crippen LogP contribution is -2.43. The quantitative estimate of drug-likeness (QED) is 0.531. The van der Waals surface area contributed by atoms with E-state index in [9.17, 15) is 9.59 Å². The molecule has 0 aromatic carbocycles. The Labute approximate surface area is 76.4 Å². The van der Waals surface area contributed by atoms with Crippen LogP contribution in [0.3, 0.4) is 0 Å². The van der Waals surface area contributed by atoms with Gasteiger partial charge in [-0.25, -0.2) is 0 Å². The van der Waals surface area contributed by atoms with Gasteiger partial charge in [0.15, 0.2) is 0 Å². The van der Waals surface area contributed by atoms with Crippen molar-refractivity contribution in [1.29, 1.82) is 0 Å². The van der Waals surface area contributed by atoms with Crippen LogP contribution in [-0.2, 0) is 9.59 Å². The largest absolute Gasteiger partial charge is 0.376 e. The summed E-state index contributed by atoms with van der Waals surface area (Å²) in [4.78, 5) is 23.6. The minimum atomic E-state index is -0.473. The highest BCUT2D eigenvalue weighted by Crippen LogP contribution is 1.93. The van der Waals surface area contributed by atoms with Crippen LogP contribution in [0, 0.1) is 0 Å². The Morgan fingerprint density at radius 2 is 1.31 bits per heavy atom. The fraction of sp³-hybridized carbons (Fsp3) is 0.714. The lowest BCUT2D eigenvalue weighted by molar-refractivity contribution is -0.143. The Balaban J connectivity index is 4.19. The van der Waals surface area contributed by atoms with E-state index in [1.807, 2.05) is 0 Å². The highest BCUT2D eigenvalue weighted by atomic mass is 16.3. The number of carbonyl (C=O) groups is 2. The van der Waals surface area contributed by atoms with E-state index in [-0.39, 0.29) is 18.5 Å². The van der Waals surface area contributed by atoms with Crippen molar-refractivity contribution in [2.24, 2.45) is 0 Å². The van der Waals surface area contributed by atoms with E-state index in [1.54, 1.807) is 0 Å². The van der Waals surface area contributed by atoms with Gasteiger partial charge in [0.2, 0.25) is 11.8 Å². The highest BCUT2D eigenvalue weighted by Gasteiger charge is 2.13. The summed E-state index contributed by atoms with van der Waals surface area (Å²) >= 11 is 0. The van der Waals surface area contributed by atoms with Gasteiger partial charge < -0.3 is 20.0 Å². The van der Waals surface area contributed by atoms with Gasteiger partial charge in [0.05, 0.1) is 0 Å². The van der Waals surface area contributed by atoms with Crippen molar-refractivity contribution in [3.63, 3.8) is 0 Å². The smallest absolute Gasteiger partial charge is 0.222 e. The van der Waals surface area contributed by atoms with Crippen LogP contribution < -0.4 is 0 Å². The van der Waals surface area contributed by atoms with Crippen molar-refractivity contribution < 1.29 is 19.8 Å². The minimum Gasteiger partial charge on any atom is -0.376 e. The minimum absolute atomic E-state index is 0.0995. The average Bonchev–Trinajstić information content (AvgIpc) is 2.05. The molecule has 0 aliphatic carbocycles. The molecule has 0 rings (SSSR count). The van der Waals surface area contributed by atoms with Gasteiger partial charge >= 0.3 is 0 Å². The van der Waals surface area contributed by atoms with Crippen LogP contribution in [0.2, 0.25) is 0 Å². The summed E-state index contributed by atoms with van der Waals surface area (Å²) in [7, 11) is 0. The van der Waals surface area contributed by atoms with Crippen LogP contribution in [0.25, 0.3) is 0 Å². The molecule has 0 saturated carbocycles. The first kappa shape index (κ1) is 11.9. The van der Waals surface area contributed by atoms with Gasteiger partial charge in [-0.15, -0.1) is 0 Å². The third-order valence-electron chi connectivity index (χ3n) is 1.57. The maximum atomic E-state index is 10.8. The maximum absolute atomic E-state index is 10.8. The number of aliphatic hydroxyl groups is 2. The maximum Gasteiger partial charge on any atom is 0.222 e. The summed E-state index contributed by atoms with van der Waals surface area (Å²) in [5.74, 6) is -0.718. The second-order valence-electron chi connectivity index (χ2n) is 2.54. The zero-order valence-electron chi connectivity index (χ0n) is 7.73. The van der Waals surface area contributed by atoms with Crippen LogP contribution in [0.1, 0.15) is 13.8 Å². The predicted octanol–water partition coefficient (Wildman–Crippen LogP) is -1.46. The zero-order valence-corrected chi connectivity index (χ0v) is 7.73. The predicted molar refractivity (Wildman–Crippen MR) is 44.1 cm³/mol. The first-order valence-corrected chi connectivity index (χ1v) is 3.75. The number of rotatable bonds is 4. The SMILES string of the molecule is CC(=O)N(CO)CN(CO)C(C)=O. The number of carbonyl (C=O) groups excluding carboxylic acids is 2. The van der Waals surface area contributed by atoms with Crippen molar-refractivity contribution in [2.45, 2.75) is 13.8 Å². The van der Waals surface area contributed by atoms with Crippen LogP contribution >= 0.6 is 0 Å². The van der Waals surface area contributed by atoms with E-state index in [1.165, 1.54) is 13.8 Å². The number of nitrogens with zero attached hydrogens (tertiary/aromatic N) is 2. The highest BCUT2D eigenvalue weighted by molar-refractivity contribution is 5.75. The standard InChI is InChI=1S/C7H14N2O4/c1-6(12)8(4-10)3-9(5-11)7(2)13/h10-11H,3-5H2,1-2H3. The van der Waals surface area contributed by atoms with Gasteiger partial charge in [0, 0.05) is 13.8 Å². The molecule has 2 N–H and O–H groups in total. The average molecular weight is 190 g/mol. The molecule has 0 aromatic rings. The molecule has 76 valence electrons. The molecule has 0 saturated heterocycles. The zero-order chi connectivity index (χ0) is 10.4. The molecule has 0 unspecified atom stereocenters. The number of amides is 2. The van der Waals surface area contributed by atoms with Gasteiger partial charge in [0.25, 0.3) is 0 Å². The summed E-state index contributed by atoms with van der Waals surface area (Å²) in [6.07, 6.45) is 0. The second-order valence-corrected chi connectivity index (χ2v) is 2.54. The van der Waals surface area contributed by atoms with Crippen LogP contribution in [0.4, 0.5) is 0 Å². The van der Waals surface area contributed by atoms with Gasteiger partial charge in [-0.3, -0.25) is 9.59 Å². The van der Waals surface area contributed by atoms with Crippen molar-refractivity contribution in [1.82, 2.24) is 9.80 Å². The van der Waals surface area contributed by atoms with E-state index in [0.29, 0.717) is 0 Å². The van der Waals surface area contributed by atoms with Crippen molar-refractivity contribution in [3.8, 4) is 0 Å². The van der Waals surface area contributed by atoms with Gasteiger partial charge in [-0.2, -0.15) is 0 Å². The summed E-state index contributed by atoms with van der Waals surface area (Å²) in [5, 5.41) is 17.4. The third kappa shape index (κ3) is 3.86. The molecular formula is C7H14N2O4. The monoisotopic (exact) mass is 190 g/mol. The molecule has 6 heteroatoms. The Morgan fingerprint density at radius 3 is 1.46 bits per heavy atom. The lowest BCUT2D eigenvalue weighted by Gasteiger charge is -2.25. The molecule has 6 nitrogen and oxygen atoms in total. The Morgan fingerprint density at radius 1 is 1.00 bits per heavy atom. The van der Waals surface area contributed by atoms with Gasteiger partial charge in [-0.05, 0) is 0 Å². The molecule has 0 aliphatic heterocycles. The Bertz CT molecular complexity index is 175. The van der Waals surface area contributed by atoms with E-state index in [2.05, 4.69) is 0 Å². The Hall–Kier alpha value is -1.14. The fourth-order valence-corrected chi connectivity index (χ4v) is 0.694. The van der Waals surface area contributed by atoms with E-state index in [0.717, 1.165) is 9.80 Å². The Kier molecular flexibility index (Phi) is 5.01. The molecular weight excluding hydrogens is 176 g/mol. The molecule has 2 amide bonds. The molecule has 13 heavy (non-hydrogen) atoms. The molecule has 0 spiro atoms. The first-order valence-electron chi connectivity index (χ1n) is 3.75. The molecule has 0 aliphatic rings. The summed E-state index contributed by atoms with van der Waals surface area (Å²) in [6, 6.07) is 0. The molecule has 0 atom stereocenters. The third-order valence-corrected chi connectivity index (χ3v) is 1.57. The van der Waals surface area contributed by atoms with Gasteiger partial charge in [0.1, 0.15) is 20.1 Å². The van der Waals surface area contributed by atoms with Crippen LogP contribution in [-0.4, -0.2) is 52.0 Å². The normalized spacial score (nSPS) is 9.54. The van der Waals surface area contributed by atoms with Crippen LogP contribution in [0.15, 0.2) is 0 Å². The number of aliphatic hydroxyl groups excluding tert-OH is 2. The number of hydrogen-bond donors (Lipinski definition) is 2. The first-order chi connectivity index (χ1) is 6.02. The molecule has 0 aromatic heterocycles. The second kappa shape index (κ2) is 5.50. The van der Waals surface area contributed by atoms with Crippen molar-refractivity contribution in [2.75, 3.05) is 20.1 Å². The summed E-state index contributed by atoms with van der Waals surface area (Å²) in [5.41, 5.74) is 0. The lowest BCUT2D eigenvalue weighted by atomic mass is 10.5. The van der Waals surface area contributed by atoms with E-state index >= 15 is 0 Å². The molecule has 0 fully saturated rings. The topological polar surface area (TPSA) is 81.1 Å². The van der Waals surface area contributed by atoms with E-state index < -0.39 is 13.5 Å². The van der Waals surface area contributed by atoms with Crippen molar-refractivity contribution in [3.05, 3.63) is 0 Å². The van der Waals surface area contributed by atoms with Crippen molar-refractivity contribution >= 4 is 11.8 Å². The molecule has 0 heterocycles. The van der Waals surface area contributed by atoms with E-state index in [4.69, 9.17) is 10.2 Å². The van der Waals surface area contributed by atoms with Crippen LogP contribution in [0.5, 0.6) is 0 Å². The van der Waals surface area contributed by atoms with Gasteiger partial charge in [-0.1, -0.05) is 0 Å². The summed E-state index contributed by atoms with van der Waals surface area (Å²) in [6.45, 7) is 1.49. The molecule has 0 radical (unpaired) electrons. The fourth-order valence-electron chi connectivity index (χ4n) is 0.694. The summed E-state index contributed by atoms with van der Waals surface area (Å²) < 4.78 is 0.